The average molecular weight is 246 g/mol. The van der Waals surface area contributed by atoms with Gasteiger partial charge < -0.3 is 5.32 Å². The standard InChI is InChI=1S/C15H16ClN/c1-11-5-3-4-6-13(11)14-8-7-12(10-17-2)9-15(14)16/h3-9,17H,10H2,1-2H3. The van der Waals surface area contributed by atoms with Crippen LogP contribution in [0.3, 0.4) is 0 Å². The van der Waals surface area contributed by atoms with Crippen LogP contribution in [0, 0.1) is 6.92 Å². The first-order valence-corrected chi connectivity index (χ1v) is 6.09. The molecule has 0 unspecified atom stereocenters. The van der Waals surface area contributed by atoms with Crippen molar-refractivity contribution in [3.63, 3.8) is 0 Å². The van der Waals surface area contributed by atoms with Crippen LogP contribution in [0.15, 0.2) is 42.5 Å². The van der Waals surface area contributed by atoms with Gasteiger partial charge in [-0.1, -0.05) is 48.0 Å². The molecule has 0 bridgehead atoms. The fraction of sp³-hybridized carbons (Fsp3) is 0.200. The number of hydrogen-bond acceptors (Lipinski definition) is 1. The Bertz CT molecular complexity index is 520. The van der Waals surface area contributed by atoms with Gasteiger partial charge in [0.15, 0.2) is 0 Å². The third kappa shape index (κ3) is 2.68. The SMILES string of the molecule is CNCc1ccc(-c2ccccc2C)c(Cl)c1. The number of rotatable bonds is 3. The maximum absolute atomic E-state index is 6.34. The van der Waals surface area contributed by atoms with E-state index in [0.29, 0.717) is 0 Å². The van der Waals surface area contributed by atoms with Crippen molar-refractivity contribution < 1.29 is 0 Å². The second kappa shape index (κ2) is 5.35. The first-order valence-electron chi connectivity index (χ1n) is 5.71. The van der Waals surface area contributed by atoms with Gasteiger partial charge in [0.25, 0.3) is 0 Å². The van der Waals surface area contributed by atoms with Crippen LogP contribution in [-0.2, 0) is 6.54 Å². The molecule has 2 rings (SSSR count). The zero-order valence-electron chi connectivity index (χ0n) is 10.1. The molecular formula is C15H16ClN. The Morgan fingerprint density at radius 1 is 1.06 bits per heavy atom. The highest BCUT2D eigenvalue weighted by Crippen LogP contribution is 2.30. The van der Waals surface area contributed by atoms with Crippen LogP contribution in [0.1, 0.15) is 11.1 Å². The number of hydrogen-bond donors (Lipinski definition) is 1. The van der Waals surface area contributed by atoms with E-state index in [4.69, 9.17) is 11.6 Å². The van der Waals surface area contributed by atoms with E-state index >= 15 is 0 Å². The van der Waals surface area contributed by atoms with Crippen LogP contribution in [0.4, 0.5) is 0 Å². The topological polar surface area (TPSA) is 12.0 Å². The second-order valence-corrected chi connectivity index (χ2v) is 4.57. The quantitative estimate of drug-likeness (QED) is 0.861. The van der Waals surface area contributed by atoms with Crippen molar-refractivity contribution in [1.82, 2.24) is 5.32 Å². The number of nitrogens with one attached hydrogen (secondary N) is 1. The van der Waals surface area contributed by atoms with Crippen molar-refractivity contribution in [3.05, 3.63) is 58.6 Å². The van der Waals surface area contributed by atoms with E-state index in [1.807, 2.05) is 25.2 Å². The molecule has 0 radical (unpaired) electrons. The molecule has 2 aromatic carbocycles. The lowest BCUT2D eigenvalue weighted by atomic mass is 9.99. The van der Waals surface area contributed by atoms with Crippen molar-refractivity contribution in [2.24, 2.45) is 0 Å². The van der Waals surface area contributed by atoms with Gasteiger partial charge in [-0.15, -0.1) is 0 Å². The monoisotopic (exact) mass is 245 g/mol. The summed E-state index contributed by atoms with van der Waals surface area (Å²) in [7, 11) is 1.93. The molecule has 0 aliphatic heterocycles. The van der Waals surface area contributed by atoms with E-state index in [1.165, 1.54) is 16.7 Å². The fourth-order valence-electron chi connectivity index (χ4n) is 1.97. The first kappa shape index (κ1) is 12.2. The van der Waals surface area contributed by atoms with Crippen molar-refractivity contribution in [2.75, 3.05) is 7.05 Å². The number of benzene rings is 2. The summed E-state index contributed by atoms with van der Waals surface area (Å²) in [6, 6.07) is 14.5. The van der Waals surface area contributed by atoms with Crippen LogP contribution >= 0.6 is 11.6 Å². The third-order valence-electron chi connectivity index (χ3n) is 2.85. The normalized spacial score (nSPS) is 10.5. The van der Waals surface area contributed by atoms with E-state index in [9.17, 15) is 0 Å². The molecule has 0 saturated carbocycles. The average Bonchev–Trinajstić information content (AvgIpc) is 2.31. The second-order valence-electron chi connectivity index (χ2n) is 4.16. The summed E-state index contributed by atoms with van der Waals surface area (Å²) in [5.41, 5.74) is 4.75. The van der Waals surface area contributed by atoms with E-state index < -0.39 is 0 Å². The summed E-state index contributed by atoms with van der Waals surface area (Å²) in [6.07, 6.45) is 0. The highest BCUT2D eigenvalue weighted by molar-refractivity contribution is 6.33. The van der Waals surface area contributed by atoms with Gasteiger partial charge in [-0.25, -0.2) is 0 Å². The molecule has 2 aromatic rings. The molecule has 0 aliphatic rings. The predicted molar refractivity (Wildman–Crippen MR) is 74.4 cm³/mol. The fourth-order valence-corrected chi connectivity index (χ4v) is 2.27. The summed E-state index contributed by atoms with van der Waals surface area (Å²) >= 11 is 6.34. The maximum Gasteiger partial charge on any atom is 0.0487 e. The highest BCUT2D eigenvalue weighted by atomic mass is 35.5. The molecule has 1 nitrogen and oxygen atoms in total. The van der Waals surface area contributed by atoms with Crippen molar-refractivity contribution in [3.8, 4) is 11.1 Å². The molecule has 2 heteroatoms. The van der Waals surface area contributed by atoms with Crippen molar-refractivity contribution in [2.45, 2.75) is 13.5 Å². The molecular weight excluding hydrogens is 230 g/mol. The summed E-state index contributed by atoms with van der Waals surface area (Å²) in [6.45, 7) is 2.95. The van der Waals surface area contributed by atoms with Gasteiger partial charge in [0.2, 0.25) is 0 Å². The van der Waals surface area contributed by atoms with Crippen LogP contribution in [0.2, 0.25) is 5.02 Å². The Balaban J connectivity index is 2.44. The number of aryl methyl sites for hydroxylation is 1. The van der Waals surface area contributed by atoms with Gasteiger partial charge in [-0.3, -0.25) is 0 Å². The van der Waals surface area contributed by atoms with Crippen molar-refractivity contribution >= 4 is 11.6 Å². The van der Waals surface area contributed by atoms with E-state index in [2.05, 4.69) is 36.5 Å². The van der Waals surface area contributed by atoms with Gasteiger partial charge in [0.05, 0.1) is 0 Å². The van der Waals surface area contributed by atoms with Crippen LogP contribution < -0.4 is 5.32 Å². The molecule has 0 fully saturated rings. The summed E-state index contributed by atoms with van der Waals surface area (Å²) in [4.78, 5) is 0. The first-order chi connectivity index (χ1) is 8.22. The van der Waals surface area contributed by atoms with Crippen LogP contribution in [0.5, 0.6) is 0 Å². The Labute approximate surface area is 107 Å². The van der Waals surface area contributed by atoms with Crippen LogP contribution in [-0.4, -0.2) is 7.05 Å². The molecule has 0 aliphatic carbocycles. The summed E-state index contributed by atoms with van der Waals surface area (Å²) in [5, 5.41) is 3.94. The Kier molecular flexibility index (Phi) is 3.82. The summed E-state index contributed by atoms with van der Waals surface area (Å²) in [5.74, 6) is 0. The minimum absolute atomic E-state index is 0.812. The Morgan fingerprint density at radius 3 is 2.47 bits per heavy atom. The Hall–Kier alpha value is -1.31. The zero-order chi connectivity index (χ0) is 12.3. The molecule has 0 amide bonds. The molecule has 1 N–H and O–H groups in total. The lowest BCUT2D eigenvalue weighted by Crippen LogP contribution is -2.04. The molecule has 0 spiro atoms. The third-order valence-corrected chi connectivity index (χ3v) is 3.16. The molecule has 0 atom stereocenters. The van der Waals surface area contributed by atoms with E-state index in [1.54, 1.807) is 0 Å². The minimum atomic E-state index is 0.812. The van der Waals surface area contributed by atoms with Gasteiger partial charge in [-0.2, -0.15) is 0 Å². The van der Waals surface area contributed by atoms with E-state index in [-0.39, 0.29) is 0 Å². The lowest BCUT2D eigenvalue weighted by Gasteiger charge is -2.09. The number of halogens is 1. The molecule has 0 heterocycles. The lowest BCUT2D eigenvalue weighted by molar-refractivity contribution is 0.818. The predicted octanol–water partition coefficient (Wildman–Crippen LogP) is 4.03. The van der Waals surface area contributed by atoms with Crippen molar-refractivity contribution in [1.29, 1.82) is 0 Å². The molecule has 0 aromatic heterocycles. The van der Waals surface area contributed by atoms with Gasteiger partial charge in [0.1, 0.15) is 0 Å². The van der Waals surface area contributed by atoms with Crippen LogP contribution in [0.25, 0.3) is 11.1 Å². The summed E-state index contributed by atoms with van der Waals surface area (Å²) < 4.78 is 0. The molecule has 17 heavy (non-hydrogen) atoms. The van der Waals surface area contributed by atoms with Gasteiger partial charge >= 0.3 is 0 Å². The molecule has 88 valence electrons. The Morgan fingerprint density at radius 2 is 1.82 bits per heavy atom. The van der Waals surface area contributed by atoms with Gasteiger partial charge in [0, 0.05) is 17.1 Å². The van der Waals surface area contributed by atoms with Gasteiger partial charge in [-0.05, 0) is 36.7 Å². The maximum atomic E-state index is 6.34. The highest BCUT2D eigenvalue weighted by Gasteiger charge is 2.06. The minimum Gasteiger partial charge on any atom is -0.316 e. The smallest absolute Gasteiger partial charge is 0.0487 e. The molecule has 0 saturated heterocycles. The van der Waals surface area contributed by atoms with E-state index in [0.717, 1.165) is 17.1 Å². The zero-order valence-corrected chi connectivity index (χ0v) is 10.9. The largest absolute Gasteiger partial charge is 0.316 e.